The van der Waals surface area contributed by atoms with Crippen molar-refractivity contribution < 1.29 is 4.74 Å². The average molecular weight is 295 g/mol. The number of ether oxygens (including phenoxy) is 1. The lowest BCUT2D eigenvalue weighted by atomic mass is 10.0. The number of rotatable bonds is 2. The lowest BCUT2D eigenvalue weighted by molar-refractivity contribution is 0.339. The van der Waals surface area contributed by atoms with Crippen molar-refractivity contribution in [3.05, 3.63) is 51.5 Å². The average Bonchev–Trinajstić information content (AvgIpc) is 2.82. The van der Waals surface area contributed by atoms with E-state index >= 15 is 0 Å². The summed E-state index contributed by atoms with van der Waals surface area (Å²) in [7, 11) is 0. The molecular formula is C14H12Cl2N2O. The molecule has 1 aliphatic rings. The van der Waals surface area contributed by atoms with Crippen molar-refractivity contribution in [1.82, 2.24) is 9.97 Å². The predicted molar refractivity (Wildman–Crippen MR) is 75.2 cm³/mol. The molecule has 2 heterocycles. The first-order valence-electron chi connectivity index (χ1n) is 6.14. The Labute approximate surface area is 121 Å². The third-order valence-electron chi connectivity index (χ3n) is 3.29. The molecule has 5 heteroatoms. The smallest absolute Gasteiger partial charge is 0.142 e. The van der Waals surface area contributed by atoms with Crippen LogP contribution in [0.1, 0.15) is 29.8 Å². The normalized spacial score (nSPS) is 17.1. The molecule has 0 N–H and O–H groups in total. The van der Waals surface area contributed by atoms with Gasteiger partial charge in [-0.3, -0.25) is 0 Å². The molecule has 0 bridgehead atoms. The highest BCUT2D eigenvalue weighted by molar-refractivity contribution is 6.34. The van der Waals surface area contributed by atoms with Crippen molar-refractivity contribution in [2.24, 2.45) is 0 Å². The molecule has 1 aromatic heterocycles. The number of benzene rings is 1. The van der Waals surface area contributed by atoms with Crippen LogP contribution >= 0.6 is 23.2 Å². The van der Waals surface area contributed by atoms with Crippen LogP contribution in [-0.4, -0.2) is 16.6 Å². The van der Waals surface area contributed by atoms with Crippen LogP contribution < -0.4 is 4.74 Å². The predicted octanol–water partition coefficient (Wildman–Crippen LogP) is 3.87. The van der Waals surface area contributed by atoms with Crippen LogP contribution in [0.15, 0.2) is 24.3 Å². The van der Waals surface area contributed by atoms with Crippen LogP contribution in [0.2, 0.25) is 10.3 Å². The van der Waals surface area contributed by atoms with Crippen molar-refractivity contribution in [2.45, 2.75) is 19.3 Å². The molecule has 1 aliphatic heterocycles. The lowest BCUT2D eigenvalue weighted by Gasteiger charge is -2.10. The first kappa shape index (κ1) is 12.7. The third-order valence-corrected chi connectivity index (χ3v) is 3.91. The zero-order valence-electron chi connectivity index (χ0n) is 10.4. The van der Waals surface area contributed by atoms with Gasteiger partial charge in [-0.05, 0) is 12.5 Å². The molecule has 0 saturated heterocycles. The van der Waals surface area contributed by atoms with E-state index < -0.39 is 0 Å². The van der Waals surface area contributed by atoms with Crippen molar-refractivity contribution in [3.63, 3.8) is 0 Å². The third kappa shape index (κ3) is 2.17. The van der Waals surface area contributed by atoms with E-state index in [2.05, 4.69) is 9.97 Å². The Morgan fingerprint density at radius 1 is 1.21 bits per heavy atom. The van der Waals surface area contributed by atoms with E-state index in [4.69, 9.17) is 27.9 Å². The van der Waals surface area contributed by atoms with Crippen LogP contribution in [0.4, 0.5) is 0 Å². The molecule has 98 valence electrons. The zero-order valence-corrected chi connectivity index (χ0v) is 11.9. The summed E-state index contributed by atoms with van der Waals surface area (Å²) in [5.41, 5.74) is 1.87. The van der Waals surface area contributed by atoms with Crippen molar-refractivity contribution >= 4 is 23.2 Å². The molecule has 0 saturated carbocycles. The Kier molecular flexibility index (Phi) is 3.33. The second-order valence-electron chi connectivity index (χ2n) is 4.40. The fourth-order valence-electron chi connectivity index (χ4n) is 2.27. The van der Waals surface area contributed by atoms with Crippen LogP contribution in [0.25, 0.3) is 0 Å². The van der Waals surface area contributed by atoms with E-state index in [9.17, 15) is 0 Å². The molecule has 1 atom stereocenters. The molecule has 2 aromatic rings. The van der Waals surface area contributed by atoms with E-state index in [1.807, 2.05) is 31.2 Å². The number of hydrogen-bond donors (Lipinski definition) is 0. The summed E-state index contributed by atoms with van der Waals surface area (Å²) in [5, 5.41) is 0.865. The van der Waals surface area contributed by atoms with Gasteiger partial charge >= 0.3 is 0 Å². The molecule has 19 heavy (non-hydrogen) atoms. The van der Waals surface area contributed by atoms with Gasteiger partial charge in [0.1, 0.15) is 28.5 Å². The number of nitrogens with zero attached hydrogens (tertiary/aromatic N) is 2. The second kappa shape index (κ2) is 4.99. The second-order valence-corrected chi connectivity index (χ2v) is 5.11. The first-order chi connectivity index (χ1) is 9.20. The van der Waals surface area contributed by atoms with Gasteiger partial charge in [0, 0.05) is 11.1 Å². The highest BCUT2D eigenvalue weighted by atomic mass is 35.5. The SMILES string of the molecule is CCc1c(Cl)nc(C2COc3ccccc32)nc1Cl. The van der Waals surface area contributed by atoms with Crippen LogP contribution in [0.5, 0.6) is 5.75 Å². The quantitative estimate of drug-likeness (QED) is 0.789. The van der Waals surface area contributed by atoms with Crippen LogP contribution in [0, 0.1) is 0 Å². The summed E-state index contributed by atoms with van der Waals surface area (Å²) < 4.78 is 5.64. The minimum Gasteiger partial charge on any atom is -0.492 e. The van der Waals surface area contributed by atoms with Gasteiger partial charge in [-0.25, -0.2) is 9.97 Å². The van der Waals surface area contributed by atoms with Crippen molar-refractivity contribution in [3.8, 4) is 5.75 Å². The topological polar surface area (TPSA) is 35.0 Å². The Hall–Kier alpha value is -1.32. The monoisotopic (exact) mass is 294 g/mol. The number of fused-ring (bicyclic) bond motifs is 1. The summed E-state index contributed by atoms with van der Waals surface area (Å²) in [6, 6.07) is 7.89. The first-order valence-corrected chi connectivity index (χ1v) is 6.89. The fraction of sp³-hybridized carbons (Fsp3) is 0.286. The van der Waals surface area contributed by atoms with Gasteiger partial charge in [-0.2, -0.15) is 0 Å². The Morgan fingerprint density at radius 2 is 1.89 bits per heavy atom. The van der Waals surface area contributed by atoms with E-state index in [1.54, 1.807) is 0 Å². The molecule has 0 aliphatic carbocycles. The van der Waals surface area contributed by atoms with E-state index in [0.717, 1.165) is 23.3 Å². The van der Waals surface area contributed by atoms with Gasteiger partial charge in [-0.15, -0.1) is 0 Å². The number of hydrogen-bond acceptors (Lipinski definition) is 3. The molecule has 1 unspecified atom stereocenters. The van der Waals surface area contributed by atoms with Crippen LogP contribution in [0.3, 0.4) is 0 Å². The molecule has 3 nitrogen and oxygen atoms in total. The number of halogens is 2. The van der Waals surface area contributed by atoms with Gasteiger partial charge < -0.3 is 4.74 Å². The Morgan fingerprint density at radius 3 is 2.58 bits per heavy atom. The summed E-state index contributed by atoms with van der Waals surface area (Å²) in [4.78, 5) is 8.75. The molecule has 3 rings (SSSR count). The zero-order chi connectivity index (χ0) is 13.4. The maximum atomic E-state index is 6.16. The van der Waals surface area contributed by atoms with E-state index in [1.165, 1.54) is 0 Å². The summed E-state index contributed by atoms with van der Waals surface area (Å²) in [6.45, 7) is 2.50. The molecule has 0 amide bonds. The molecule has 1 aromatic carbocycles. The summed E-state index contributed by atoms with van der Waals surface area (Å²) >= 11 is 12.3. The highest BCUT2D eigenvalue weighted by Gasteiger charge is 2.28. The number of aromatic nitrogens is 2. The maximum Gasteiger partial charge on any atom is 0.142 e. The van der Waals surface area contributed by atoms with Gasteiger partial charge in [-0.1, -0.05) is 48.3 Å². The minimum absolute atomic E-state index is 0.00268. The maximum absolute atomic E-state index is 6.16. The minimum atomic E-state index is -0.00268. The summed E-state index contributed by atoms with van der Waals surface area (Å²) in [5.74, 6) is 1.50. The fourth-order valence-corrected chi connectivity index (χ4v) is 2.94. The Bertz CT molecular complexity index is 608. The molecule has 0 spiro atoms. The van der Waals surface area contributed by atoms with E-state index in [0.29, 0.717) is 22.7 Å². The number of para-hydroxylation sites is 1. The van der Waals surface area contributed by atoms with Gasteiger partial charge in [0.05, 0.1) is 5.92 Å². The Balaban J connectivity index is 2.05. The van der Waals surface area contributed by atoms with Crippen LogP contribution in [-0.2, 0) is 6.42 Å². The van der Waals surface area contributed by atoms with Gasteiger partial charge in [0.25, 0.3) is 0 Å². The van der Waals surface area contributed by atoms with Crippen molar-refractivity contribution in [2.75, 3.05) is 6.61 Å². The van der Waals surface area contributed by atoms with Gasteiger partial charge in [0.2, 0.25) is 0 Å². The molecule has 0 fully saturated rings. The largest absolute Gasteiger partial charge is 0.492 e. The standard InChI is InChI=1S/C14H12Cl2N2O/c1-2-8-12(15)17-14(18-13(8)16)10-7-19-11-6-4-3-5-9(10)11/h3-6,10H,2,7H2,1H3. The van der Waals surface area contributed by atoms with Gasteiger partial charge in [0.15, 0.2) is 0 Å². The molecule has 0 radical (unpaired) electrons. The highest BCUT2D eigenvalue weighted by Crippen LogP contribution is 2.37. The summed E-state index contributed by atoms with van der Waals surface area (Å²) in [6.07, 6.45) is 0.718. The lowest BCUT2D eigenvalue weighted by Crippen LogP contribution is -2.09. The molecular weight excluding hydrogens is 283 g/mol. The van der Waals surface area contributed by atoms with E-state index in [-0.39, 0.29) is 5.92 Å². The van der Waals surface area contributed by atoms with Crippen molar-refractivity contribution in [1.29, 1.82) is 0 Å².